The first kappa shape index (κ1) is 15.8. The Morgan fingerprint density at radius 3 is 2.70 bits per heavy atom. The van der Waals surface area contributed by atoms with Crippen molar-refractivity contribution in [2.75, 3.05) is 6.54 Å². The minimum Gasteiger partial charge on any atom is -0.313 e. The summed E-state index contributed by atoms with van der Waals surface area (Å²) in [6.45, 7) is 3.33. The second-order valence-corrected chi connectivity index (χ2v) is 6.39. The smallest absolute Gasteiger partial charge is 0.0621 e. The van der Waals surface area contributed by atoms with E-state index in [1.165, 1.54) is 50.5 Å². The highest BCUT2D eigenvalue weighted by Gasteiger charge is 2.23. The lowest BCUT2D eigenvalue weighted by atomic mass is 9.88. The number of pyridine rings is 1. The summed E-state index contributed by atoms with van der Waals surface area (Å²) < 4.78 is 0. The normalized spacial score (nSPS) is 18.7. The molecule has 0 amide bonds. The molecule has 0 spiro atoms. The first-order valence-corrected chi connectivity index (χ1v) is 8.50. The molecule has 1 aromatic heterocycles. The van der Waals surface area contributed by atoms with Gasteiger partial charge in [0.05, 0.1) is 5.02 Å². The van der Waals surface area contributed by atoms with Crippen molar-refractivity contribution in [3.05, 3.63) is 29.0 Å². The molecule has 1 fully saturated rings. The maximum absolute atomic E-state index is 6.28. The third-order valence-electron chi connectivity index (χ3n) is 4.42. The number of hydrogen-bond donors (Lipinski definition) is 1. The molecule has 0 bridgehead atoms. The van der Waals surface area contributed by atoms with Crippen LogP contribution in [0.5, 0.6) is 0 Å². The Balaban J connectivity index is 2.04. The van der Waals surface area contributed by atoms with Crippen LogP contribution in [0.25, 0.3) is 0 Å². The SMILES string of the molecule is CCCNC(Cc1ccncc1Cl)C1CCCCCC1. The molecule has 0 aliphatic heterocycles. The van der Waals surface area contributed by atoms with Gasteiger partial charge in [-0.1, -0.05) is 44.2 Å². The molecule has 0 aromatic carbocycles. The van der Waals surface area contributed by atoms with Gasteiger partial charge in [0.25, 0.3) is 0 Å². The molecule has 1 aliphatic carbocycles. The van der Waals surface area contributed by atoms with Gasteiger partial charge in [-0.25, -0.2) is 0 Å². The average molecular weight is 295 g/mol. The molecule has 1 aromatic rings. The second-order valence-electron chi connectivity index (χ2n) is 5.98. The summed E-state index contributed by atoms with van der Waals surface area (Å²) in [6, 6.07) is 2.63. The predicted molar refractivity (Wildman–Crippen MR) is 86.2 cm³/mol. The van der Waals surface area contributed by atoms with Crippen LogP contribution in [-0.2, 0) is 6.42 Å². The van der Waals surface area contributed by atoms with E-state index in [1.54, 1.807) is 6.20 Å². The van der Waals surface area contributed by atoms with Crippen LogP contribution in [-0.4, -0.2) is 17.6 Å². The molecular weight excluding hydrogens is 268 g/mol. The third kappa shape index (κ3) is 4.75. The van der Waals surface area contributed by atoms with Crippen molar-refractivity contribution in [1.29, 1.82) is 0 Å². The van der Waals surface area contributed by atoms with Crippen LogP contribution in [0.4, 0.5) is 0 Å². The standard InChI is InChI=1S/C17H27ClN2/c1-2-10-20-17(14-7-5-3-4-6-8-14)12-15-9-11-19-13-16(15)18/h9,11,13-14,17,20H,2-8,10,12H2,1H3. The lowest BCUT2D eigenvalue weighted by Gasteiger charge is -2.28. The molecule has 3 heteroatoms. The molecule has 112 valence electrons. The van der Waals surface area contributed by atoms with Gasteiger partial charge in [0.15, 0.2) is 0 Å². The summed E-state index contributed by atoms with van der Waals surface area (Å²) in [7, 11) is 0. The zero-order valence-electron chi connectivity index (χ0n) is 12.6. The molecule has 1 atom stereocenters. The van der Waals surface area contributed by atoms with Crippen molar-refractivity contribution in [3.8, 4) is 0 Å². The fraction of sp³-hybridized carbons (Fsp3) is 0.706. The maximum atomic E-state index is 6.28. The van der Waals surface area contributed by atoms with Gasteiger partial charge < -0.3 is 5.32 Å². The fourth-order valence-corrected chi connectivity index (χ4v) is 3.45. The molecule has 1 N–H and O–H groups in total. The van der Waals surface area contributed by atoms with Crippen molar-refractivity contribution in [1.82, 2.24) is 10.3 Å². The Bertz CT molecular complexity index is 386. The van der Waals surface area contributed by atoms with Gasteiger partial charge in [-0.3, -0.25) is 4.98 Å². The van der Waals surface area contributed by atoms with Crippen molar-refractivity contribution in [2.24, 2.45) is 5.92 Å². The van der Waals surface area contributed by atoms with E-state index in [1.807, 2.05) is 6.20 Å². The number of rotatable bonds is 6. The molecule has 0 saturated heterocycles. The van der Waals surface area contributed by atoms with Gasteiger partial charge in [0, 0.05) is 18.4 Å². The fourth-order valence-electron chi connectivity index (χ4n) is 3.26. The topological polar surface area (TPSA) is 24.9 Å². The van der Waals surface area contributed by atoms with Crippen molar-refractivity contribution >= 4 is 11.6 Å². The number of hydrogen-bond acceptors (Lipinski definition) is 2. The molecule has 0 radical (unpaired) electrons. The summed E-state index contributed by atoms with van der Waals surface area (Å²) >= 11 is 6.28. The molecule has 1 unspecified atom stereocenters. The van der Waals surface area contributed by atoms with Crippen molar-refractivity contribution in [3.63, 3.8) is 0 Å². The number of aromatic nitrogens is 1. The second kappa shape index (κ2) is 8.63. The first-order valence-electron chi connectivity index (χ1n) is 8.13. The van der Waals surface area contributed by atoms with Gasteiger partial charge in [0.1, 0.15) is 0 Å². The molecular formula is C17H27ClN2. The molecule has 1 saturated carbocycles. The summed E-state index contributed by atoms with van der Waals surface area (Å²) in [6.07, 6.45) is 14.2. The Hall–Kier alpha value is -0.600. The van der Waals surface area contributed by atoms with Crippen molar-refractivity contribution < 1.29 is 0 Å². The monoisotopic (exact) mass is 294 g/mol. The number of nitrogens with one attached hydrogen (secondary N) is 1. The number of halogens is 1. The lowest BCUT2D eigenvalue weighted by molar-refractivity contribution is 0.317. The minimum absolute atomic E-state index is 0.563. The number of nitrogens with zero attached hydrogens (tertiary/aromatic N) is 1. The van der Waals surface area contributed by atoms with E-state index in [2.05, 4.69) is 23.3 Å². The van der Waals surface area contributed by atoms with Crippen molar-refractivity contribution in [2.45, 2.75) is 64.3 Å². The van der Waals surface area contributed by atoms with E-state index >= 15 is 0 Å². The van der Waals surface area contributed by atoms with E-state index < -0.39 is 0 Å². The summed E-state index contributed by atoms with van der Waals surface area (Å²) in [5.41, 5.74) is 1.24. The van der Waals surface area contributed by atoms with Gasteiger partial charge >= 0.3 is 0 Å². The average Bonchev–Trinajstić information content (AvgIpc) is 2.74. The van der Waals surface area contributed by atoms with Crippen LogP contribution in [0.3, 0.4) is 0 Å². The molecule has 1 heterocycles. The van der Waals surface area contributed by atoms with Gasteiger partial charge in [-0.2, -0.15) is 0 Å². The molecule has 2 rings (SSSR count). The molecule has 2 nitrogen and oxygen atoms in total. The van der Waals surface area contributed by atoms with Gasteiger partial charge in [-0.05, 0) is 49.8 Å². The maximum Gasteiger partial charge on any atom is 0.0621 e. The van der Waals surface area contributed by atoms with E-state index in [0.717, 1.165) is 23.9 Å². The zero-order valence-corrected chi connectivity index (χ0v) is 13.3. The molecule has 20 heavy (non-hydrogen) atoms. The highest BCUT2D eigenvalue weighted by atomic mass is 35.5. The predicted octanol–water partition coefficient (Wildman–Crippen LogP) is 4.62. The van der Waals surface area contributed by atoms with Crippen LogP contribution in [0.2, 0.25) is 5.02 Å². The Kier molecular flexibility index (Phi) is 6.81. The first-order chi connectivity index (χ1) is 9.81. The third-order valence-corrected chi connectivity index (χ3v) is 4.76. The Labute approximate surface area is 128 Å². The van der Waals surface area contributed by atoms with Crippen LogP contribution in [0.15, 0.2) is 18.5 Å². The quantitative estimate of drug-likeness (QED) is 0.775. The minimum atomic E-state index is 0.563. The lowest BCUT2D eigenvalue weighted by Crippen LogP contribution is -2.38. The van der Waals surface area contributed by atoms with E-state index in [4.69, 9.17) is 11.6 Å². The zero-order chi connectivity index (χ0) is 14.2. The highest BCUT2D eigenvalue weighted by Crippen LogP contribution is 2.28. The summed E-state index contributed by atoms with van der Waals surface area (Å²) in [4.78, 5) is 4.09. The summed E-state index contributed by atoms with van der Waals surface area (Å²) in [5.74, 6) is 0.799. The van der Waals surface area contributed by atoms with E-state index in [9.17, 15) is 0 Å². The van der Waals surface area contributed by atoms with Crippen LogP contribution in [0, 0.1) is 5.92 Å². The molecule has 1 aliphatic rings. The van der Waals surface area contributed by atoms with Crippen LogP contribution < -0.4 is 5.32 Å². The highest BCUT2D eigenvalue weighted by molar-refractivity contribution is 6.31. The summed E-state index contributed by atoms with van der Waals surface area (Å²) in [5, 5.41) is 4.57. The Morgan fingerprint density at radius 1 is 1.30 bits per heavy atom. The van der Waals surface area contributed by atoms with Crippen LogP contribution >= 0.6 is 11.6 Å². The Morgan fingerprint density at radius 2 is 2.05 bits per heavy atom. The van der Waals surface area contributed by atoms with Gasteiger partial charge in [0.2, 0.25) is 0 Å². The van der Waals surface area contributed by atoms with E-state index in [-0.39, 0.29) is 0 Å². The van der Waals surface area contributed by atoms with Gasteiger partial charge in [-0.15, -0.1) is 0 Å². The van der Waals surface area contributed by atoms with E-state index in [0.29, 0.717) is 6.04 Å². The van der Waals surface area contributed by atoms with Crippen LogP contribution in [0.1, 0.15) is 57.4 Å². The largest absolute Gasteiger partial charge is 0.313 e.